The Morgan fingerprint density at radius 1 is 1.13 bits per heavy atom. The second kappa shape index (κ2) is 10.2. The van der Waals surface area contributed by atoms with Crippen molar-refractivity contribution in [3.63, 3.8) is 0 Å². The van der Waals surface area contributed by atoms with E-state index in [-0.39, 0.29) is 24.1 Å². The van der Waals surface area contributed by atoms with Crippen molar-refractivity contribution in [1.29, 1.82) is 0 Å². The summed E-state index contributed by atoms with van der Waals surface area (Å²) >= 11 is 12.3. The van der Waals surface area contributed by atoms with Crippen LogP contribution in [0.4, 0.5) is 5.69 Å². The topological polar surface area (TPSA) is 69.7 Å². The van der Waals surface area contributed by atoms with Crippen LogP contribution in [0.3, 0.4) is 0 Å². The highest BCUT2D eigenvalue weighted by Crippen LogP contribution is 2.29. The van der Waals surface area contributed by atoms with Gasteiger partial charge in [-0.2, -0.15) is 0 Å². The molecule has 0 spiro atoms. The van der Waals surface area contributed by atoms with Crippen LogP contribution in [0.2, 0.25) is 10.0 Å². The zero-order valence-electron chi connectivity index (χ0n) is 17.6. The van der Waals surface area contributed by atoms with E-state index in [1.807, 2.05) is 43.3 Å². The summed E-state index contributed by atoms with van der Waals surface area (Å²) in [5.74, 6) is -0.795. The SMILES string of the molecule is CN(C)c1ccc(CNC(=O)C2CCCN(S(=O)(=O)Cc3c(Cl)cccc3Cl)C2)cc1. The molecule has 3 rings (SSSR count). The summed E-state index contributed by atoms with van der Waals surface area (Å²) in [7, 11) is 0.295. The van der Waals surface area contributed by atoms with Crippen molar-refractivity contribution in [3.05, 3.63) is 63.6 Å². The van der Waals surface area contributed by atoms with Crippen LogP contribution in [-0.4, -0.2) is 45.8 Å². The van der Waals surface area contributed by atoms with Crippen LogP contribution in [-0.2, 0) is 27.1 Å². The summed E-state index contributed by atoms with van der Waals surface area (Å²) in [6.45, 7) is 0.959. The van der Waals surface area contributed by atoms with Gasteiger partial charge in [-0.25, -0.2) is 12.7 Å². The lowest BCUT2D eigenvalue weighted by atomic mass is 9.99. The van der Waals surface area contributed by atoms with Crippen molar-refractivity contribution in [2.24, 2.45) is 5.92 Å². The fourth-order valence-corrected chi connectivity index (χ4v) is 5.96. The number of amides is 1. The number of anilines is 1. The maximum Gasteiger partial charge on any atom is 0.224 e. The Bertz CT molecular complexity index is 1010. The van der Waals surface area contributed by atoms with Crippen LogP contribution < -0.4 is 10.2 Å². The summed E-state index contributed by atoms with van der Waals surface area (Å²) in [4.78, 5) is 14.7. The first-order valence-electron chi connectivity index (χ1n) is 10.1. The lowest BCUT2D eigenvalue weighted by Gasteiger charge is -2.31. The van der Waals surface area contributed by atoms with Crippen LogP contribution in [0, 0.1) is 5.92 Å². The van der Waals surface area contributed by atoms with E-state index < -0.39 is 10.0 Å². The molecule has 31 heavy (non-hydrogen) atoms. The van der Waals surface area contributed by atoms with E-state index in [1.54, 1.807) is 18.2 Å². The molecular formula is C22H27Cl2N3O3S. The first-order chi connectivity index (χ1) is 14.7. The predicted molar refractivity (Wildman–Crippen MR) is 126 cm³/mol. The molecule has 1 aliphatic rings. The third-order valence-corrected chi connectivity index (χ3v) is 7.94. The summed E-state index contributed by atoms with van der Waals surface area (Å²) < 4.78 is 27.3. The number of nitrogens with one attached hydrogen (secondary N) is 1. The minimum absolute atomic E-state index is 0.132. The lowest BCUT2D eigenvalue weighted by molar-refractivity contribution is -0.126. The Balaban J connectivity index is 1.60. The zero-order valence-corrected chi connectivity index (χ0v) is 20.0. The number of sulfonamides is 1. The molecule has 1 heterocycles. The Labute approximate surface area is 194 Å². The highest BCUT2D eigenvalue weighted by molar-refractivity contribution is 7.88. The van der Waals surface area contributed by atoms with Gasteiger partial charge < -0.3 is 10.2 Å². The normalized spacial score (nSPS) is 17.4. The van der Waals surface area contributed by atoms with E-state index in [9.17, 15) is 13.2 Å². The lowest BCUT2D eigenvalue weighted by Crippen LogP contribution is -2.45. The van der Waals surface area contributed by atoms with Gasteiger partial charge in [0.2, 0.25) is 15.9 Å². The first-order valence-corrected chi connectivity index (χ1v) is 12.5. The van der Waals surface area contributed by atoms with Crippen LogP contribution in [0.15, 0.2) is 42.5 Å². The molecule has 168 valence electrons. The molecule has 0 bridgehead atoms. The molecule has 1 amide bonds. The third kappa shape index (κ3) is 6.13. The molecule has 1 N–H and O–H groups in total. The van der Waals surface area contributed by atoms with E-state index in [2.05, 4.69) is 5.32 Å². The van der Waals surface area contributed by atoms with Crippen LogP contribution in [0.5, 0.6) is 0 Å². The molecule has 2 aromatic rings. The van der Waals surface area contributed by atoms with Gasteiger partial charge in [0.15, 0.2) is 0 Å². The number of carbonyl (C=O) groups excluding carboxylic acids is 1. The van der Waals surface area contributed by atoms with Gasteiger partial charge in [-0.15, -0.1) is 0 Å². The van der Waals surface area contributed by atoms with Crippen molar-refractivity contribution >= 4 is 44.8 Å². The van der Waals surface area contributed by atoms with Crippen molar-refractivity contribution in [1.82, 2.24) is 9.62 Å². The summed E-state index contributed by atoms with van der Waals surface area (Å²) in [6.07, 6.45) is 1.29. The molecule has 1 aliphatic heterocycles. The minimum Gasteiger partial charge on any atom is -0.378 e. The number of halogens is 2. The monoisotopic (exact) mass is 483 g/mol. The Morgan fingerprint density at radius 3 is 2.39 bits per heavy atom. The van der Waals surface area contributed by atoms with Gasteiger partial charge in [0.05, 0.1) is 11.7 Å². The summed E-state index contributed by atoms with van der Waals surface area (Å²) in [5.41, 5.74) is 2.47. The van der Waals surface area contributed by atoms with Gasteiger partial charge in [0.25, 0.3) is 0 Å². The molecule has 9 heteroatoms. The Morgan fingerprint density at radius 2 is 1.77 bits per heavy atom. The molecule has 0 aromatic heterocycles. The van der Waals surface area contributed by atoms with Crippen LogP contribution in [0.25, 0.3) is 0 Å². The van der Waals surface area contributed by atoms with Crippen molar-refractivity contribution in [2.75, 3.05) is 32.1 Å². The number of piperidine rings is 1. The van der Waals surface area contributed by atoms with Crippen molar-refractivity contribution < 1.29 is 13.2 Å². The van der Waals surface area contributed by atoms with Gasteiger partial charge >= 0.3 is 0 Å². The quantitative estimate of drug-likeness (QED) is 0.647. The van der Waals surface area contributed by atoms with E-state index in [0.717, 1.165) is 11.3 Å². The molecule has 1 unspecified atom stereocenters. The maximum absolute atomic E-state index is 13.0. The second-order valence-electron chi connectivity index (χ2n) is 7.93. The Kier molecular flexibility index (Phi) is 7.86. The van der Waals surface area contributed by atoms with E-state index in [1.165, 1.54) is 4.31 Å². The van der Waals surface area contributed by atoms with Gasteiger partial charge in [-0.05, 0) is 42.7 Å². The van der Waals surface area contributed by atoms with E-state index in [4.69, 9.17) is 23.2 Å². The van der Waals surface area contributed by atoms with Crippen LogP contribution >= 0.6 is 23.2 Å². The maximum atomic E-state index is 13.0. The summed E-state index contributed by atoms with van der Waals surface area (Å²) in [5, 5.41) is 3.58. The highest BCUT2D eigenvalue weighted by Gasteiger charge is 2.33. The number of nitrogens with zero attached hydrogens (tertiary/aromatic N) is 2. The number of carbonyl (C=O) groups is 1. The smallest absolute Gasteiger partial charge is 0.224 e. The first kappa shape index (κ1) is 23.9. The average Bonchev–Trinajstić information content (AvgIpc) is 2.75. The molecule has 6 nitrogen and oxygen atoms in total. The molecular weight excluding hydrogens is 457 g/mol. The van der Waals surface area contributed by atoms with Gasteiger partial charge in [0, 0.05) is 55.0 Å². The Hall–Kier alpha value is -1.80. The molecule has 1 atom stereocenters. The molecule has 2 aromatic carbocycles. The third-order valence-electron chi connectivity index (χ3n) is 5.46. The van der Waals surface area contributed by atoms with Gasteiger partial charge in [0.1, 0.15) is 0 Å². The largest absolute Gasteiger partial charge is 0.378 e. The van der Waals surface area contributed by atoms with Crippen molar-refractivity contribution in [3.8, 4) is 0 Å². The van der Waals surface area contributed by atoms with Gasteiger partial charge in [-0.1, -0.05) is 41.4 Å². The minimum atomic E-state index is -3.65. The summed E-state index contributed by atoms with van der Waals surface area (Å²) in [6, 6.07) is 12.9. The predicted octanol–water partition coefficient (Wildman–Crippen LogP) is 3.92. The van der Waals surface area contributed by atoms with Crippen molar-refractivity contribution in [2.45, 2.75) is 25.1 Å². The second-order valence-corrected chi connectivity index (χ2v) is 10.7. The van der Waals surface area contributed by atoms with E-state index in [0.29, 0.717) is 41.5 Å². The molecule has 0 radical (unpaired) electrons. The standard InChI is InChI=1S/C22H27Cl2N3O3S/c1-26(2)18-10-8-16(9-11-18)13-25-22(28)17-5-4-12-27(14-17)31(29,30)15-19-20(23)6-3-7-21(19)24/h3,6-11,17H,4-5,12-15H2,1-2H3,(H,25,28). The molecule has 1 fully saturated rings. The average molecular weight is 484 g/mol. The fraction of sp³-hybridized carbons (Fsp3) is 0.409. The number of hydrogen-bond donors (Lipinski definition) is 1. The molecule has 1 saturated heterocycles. The fourth-order valence-electron chi connectivity index (χ4n) is 3.60. The molecule has 0 aliphatic carbocycles. The zero-order chi connectivity index (χ0) is 22.6. The molecule has 0 saturated carbocycles. The van der Waals surface area contributed by atoms with E-state index >= 15 is 0 Å². The number of hydrogen-bond acceptors (Lipinski definition) is 4. The number of benzene rings is 2. The van der Waals surface area contributed by atoms with Crippen LogP contribution in [0.1, 0.15) is 24.0 Å². The van der Waals surface area contributed by atoms with Gasteiger partial charge in [-0.3, -0.25) is 4.79 Å². The number of rotatable bonds is 7. The highest BCUT2D eigenvalue weighted by atomic mass is 35.5.